The van der Waals surface area contributed by atoms with Crippen LogP contribution in [0.25, 0.3) is 11.2 Å². The zero-order valence-corrected chi connectivity index (χ0v) is 18.9. The first-order valence-corrected chi connectivity index (χ1v) is 12.1. The lowest BCUT2D eigenvalue weighted by atomic mass is 9.84. The van der Waals surface area contributed by atoms with Gasteiger partial charge in [-0.25, -0.2) is 19.7 Å². The van der Waals surface area contributed by atoms with Gasteiger partial charge in [0.05, 0.1) is 26.0 Å². The predicted octanol–water partition coefficient (Wildman–Crippen LogP) is 2.39. The van der Waals surface area contributed by atoms with Crippen molar-refractivity contribution in [2.75, 3.05) is 42.7 Å². The highest BCUT2D eigenvalue weighted by atomic mass is 32.2. The molecule has 2 aromatic rings. The molecule has 4 heterocycles. The second kappa shape index (κ2) is 9.42. The van der Waals surface area contributed by atoms with Crippen LogP contribution in [0.3, 0.4) is 0 Å². The van der Waals surface area contributed by atoms with Crippen LogP contribution in [0.1, 0.15) is 39.5 Å². The highest BCUT2D eigenvalue weighted by molar-refractivity contribution is 7.99. The number of hydrogen-bond acceptors (Lipinski definition) is 9. The Morgan fingerprint density at radius 3 is 2.65 bits per heavy atom. The van der Waals surface area contributed by atoms with E-state index in [2.05, 4.69) is 19.9 Å². The summed E-state index contributed by atoms with van der Waals surface area (Å²) in [6.07, 6.45) is 6.80. The van der Waals surface area contributed by atoms with E-state index < -0.39 is 5.54 Å². The molecule has 2 aromatic heterocycles. The number of piperidine rings is 1. The SMILES string of the molecule is CCOC(=O)C[C@H]1CSC[C@]1(C(=O)OCC)n1cnc2c(N3CCCCC3)ncnc21. The number of anilines is 1. The second-order valence-electron chi connectivity index (χ2n) is 7.90. The summed E-state index contributed by atoms with van der Waals surface area (Å²) in [4.78, 5) is 41.6. The number of rotatable bonds is 7. The maximum atomic E-state index is 13.4. The molecule has 0 spiro atoms. The van der Waals surface area contributed by atoms with Gasteiger partial charge in [0.15, 0.2) is 22.5 Å². The van der Waals surface area contributed by atoms with Crippen LogP contribution in [0.5, 0.6) is 0 Å². The summed E-state index contributed by atoms with van der Waals surface area (Å²) in [5.74, 6) is 1.01. The lowest BCUT2D eigenvalue weighted by Crippen LogP contribution is -2.49. The number of nitrogens with zero attached hydrogens (tertiary/aromatic N) is 5. The topological polar surface area (TPSA) is 99.4 Å². The summed E-state index contributed by atoms with van der Waals surface area (Å²) in [7, 11) is 0. The Labute approximate surface area is 185 Å². The van der Waals surface area contributed by atoms with Crippen molar-refractivity contribution in [3.63, 3.8) is 0 Å². The van der Waals surface area contributed by atoms with Crippen LogP contribution in [0.2, 0.25) is 0 Å². The first-order valence-electron chi connectivity index (χ1n) is 11.0. The molecule has 0 radical (unpaired) electrons. The predicted molar refractivity (Wildman–Crippen MR) is 118 cm³/mol. The number of carbonyl (C=O) groups is 2. The molecule has 2 aliphatic heterocycles. The number of carbonyl (C=O) groups excluding carboxylic acids is 2. The molecular weight excluding hydrogens is 418 g/mol. The standard InChI is InChI=1S/C21H29N5O4S/c1-3-29-16(27)10-15-11-31-12-21(15,20(28)30-4-2)26-14-24-17-18(22-13-23-19(17)26)25-8-6-5-7-9-25/h13-15H,3-12H2,1-2H3/t15-,21-/m0/s1. The molecule has 31 heavy (non-hydrogen) atoms. The van der Waals surface area contributed by atoms with Crippen molar-refractivity contribution in [2.45, 2.75) is 45.1 Å². The van der Waals surface area contributed by atoms with Crippen LogP contribution in [0.15, 0.2) is 12.7 Å². The largest absolute Gasteiger partial charge is 0.466 e. The number of fused-ring (bicyclic) bond motifs is 1. The smallest absolute Gasteiger partial charge is 0.333 e. The van der Waals surface area contributed by atoms with Gasteiger partial charge in [0, 0.05) is 24.8 Å². The number of thioether (sulfide) groups is 1. The van der Waals surface area contributed by atoms with Crippen LogP contribution in [-0.2, 0) is 24.6 Å². The first kappa shape index (κ1) is 21.9. The van der Waals surface area contributed by atoms with Gasteiger partial charge >= 0.3 is 11.9 Å². The molecule has 0 bridgehead atoms. The first-order chi connectivity index (χ1) is 15.1. The summed E-state index contributed by atoms with van der Waals surface area (Å²) >= 11 is 1.63. The summed E-state index contributed by atoms with van der Waals surface area (Å²) in [6, 6.07) is 0. The van der Waals surface area contributed by atoms with Gasteiger partial charge in [-0.3, -0.25) is 9.36 Å². The van der Waals surface area contributed by atoms with Crippen LogP contribution in [0, 0.1) is 5.92 Å². The monoisotopic (exact) mass is 447 g/mol. The van der Waals surface area contributed by atoms with Crippen molar-refractivity contribution in [1.29, 1.82) is 0 Å². The van der Waals surface area contributed by atoms with E-state index in [9.17, 15) is 9.59 Å². The van der Waals surface area contributed by atoms with Gasteiger partial charge in [0.1, 0.15) is 6.33 Å². The van der Waals surface area contributed by atoms with Crippen molar-refractivity contribution in [3.05, 3.63) is 12.7 Å². The zero-order valence-electron chi connectivity index (χ0n) is 18.1. The molecular formula is C21H29N5O4S. The summed E-state index contributed by atoms with van der Waals surface area (Å²) in [5, 5.41) is 0. The van der Waals surface area contributed by atoms with Gasteiger partial charge in [-0.15, -0.1) is 0 Å². The van der Waals surface area contributed by atoms with E-state index in [4.69, 9.17) is 9.47 Å². The number of ether oxygens (including phenoxy) is 2. The van der Waals surface area contributed by atoms with Crippen LogP contribution < -0.4 is 4.90 Å². The molecule has 0 aromatic carbocycles. The Morgan fingerprint density at radius 2 is 1.90 bits per heavy atom. The van der Waals surface area contributed by atoms with Gasteiger partial charge in [-0.1, -0.05) is 0 Å². The minimum Gasteiger partial charge on any atom is -0.466 e. The van der Waals surface area contributed by atoms with Crippen LogP contribution in [-0.4, -0.2) is 69.3 Å². The third-order valence-corrected chi connectivity index (χ3v) is 7.35. The Morgan fingerprint density at radius 1 is 1.13 bits per heavy atom. The summed E-state index contributed by atoms with van der Waals surface area (Å²) in [6.45, 7) is 6.01. The molecule has 2 aliphatic rings. The number of imidazole rings is 1. The van der Waals surface area contributed by atoms with Gasteiger partial charge in [0.2, 0.25) is 0 Å². The highest BCUT2D eigenvalue weighted by Gasteiger charge is 2.54. The average Bonchev–Trinajstić information content (AvgIpc) is 3.39. The fraction of sp³-hybridized carbons (Fsp3) is 0.667. The minimum absolute atomic E-state index is 0.142. The third-order valence-electron chi connectivity index (χ3n) is 6.06. The normalized spacial score (nSPS) is 23.8. The molecule has 0 amide bonds. The van der Waals surface area contributed by atoms with Crippen LogP contribution in [0.4, 0.5) is 5.82 Å². The van der Waals surface area contributed by atoms with Crippen molar-refractivity contribution < 1.29 is 19.1 Å². The van der Waals surface area contributed by atoms with Gasteiger partial charge in [-0.2, -0.15) is 11.8 Å². The van der Waals surface area contributed by atoms with E-state index >= 15 is 0 Å². The molecule has 2 fully saturated rings. The molecule has 2 atom stereocenters. The summed E-state index contributed by atoms with van der Waals surface area (Å²) < 4.78 is 12.5. The van der Waals surface area contributed by atoms with Crippen molar-refractivity contribution >= 4 is 40.7 Å². The van der Waals surface area contributed by atoms with Crippen molar-refractivity contribution in [1.82, 2.24) is 19.5 Å². The summed E-state index contributed by atoms with van der Waals surface area (Å²) in [5.41, 5.74) is 0.218. The lowest BCUT2D eigenvalue weighted by Gasteiger charge is -2.33. The van der Waals surface area contributed by atoms with E-state index in [1.54, 1.807) is 31.9 Å². The van der Waals surface area contributed by atoms with E-state index in [1.807, 2.05) is 4.57 Å². The zero-order chi connectivity index (χ0) is 21.8. The van der Waals surface area contributed by atoms with Crippen LogP contribution >= 0.6 is 11.8 Å². The quantitative estimate of drug-likeness (QED) is 0.592. The average molecular weight is 448 g/mol. The Bertz CT molecular complexity index is 945. The molecule has 10 heteroatoms. The Hall–Kier alpha value is -2.36. The number of aromatic nitrogens is 4. The fourth-order valence-electron chi connectivity index (χ4n) is 4.56. The maximum absolute atomic E-state index is 13.4. The van der Waals surface area contributed by atoms with Crippen molar-refractivity contribution in [3.8, 4) is 0 Å². The fourth-order valence-corrected chi connectivity index (χ4v) is 6.16. The minimum atomic E-state index is -1.06. The molecule has 0 aliphatic carbocycles. The van der Waals surface area contributed by atoms with Gasteiger partial charge < -0.3 is 14.4 Å². The molecule has 0 saturated carbocycles. The van der Waals surface area contributed by atoms with Gasteiger partial charge in [-0.05, 0) is 38.9 Å². The van der Waals surface area contributed by atoms with Crippen molar-refractivity contribution in [2.24, 2.45) is 5.92 Å². The maximum Gasteiger partial charge on any atom is 0.333 e. The number of esters is 2. The Kier molecular flexibility index (Phi) is 6.64. The Balaban J connectivity index is 1.78. The molecule has 2 saturated heterocycles. The van der Waals surface area contributed by atoms with E-state index in [-0.39, 0.29) is 30.9 Å². The van der Waals surface area contributed by atoms with E-state index in [0.29, 0.717) is 29.3 Å². The third kappa shape index (κ3) is 3.97. The van der Waals surface area contributed by atoms with E-state index in [1.165, 1.54) is 12.7 Å². The molecule has 168 valence electrons. The van der Waals surface area contributed by atoms with E-state index in [0.717, 1.165) is 31.7 Å². The molecule has 4 rings (SSSR count). The second-order valence-corrected chi connectivity index (χ2v) is 8.93. The lowest BCUT2D eigenvalue weighted by molar-refractivity contribution is -0.156. The highest BCUT2D eigenvalue weighted by Crippen LogP contribution is 2.44. The van der Waals surface area contributed by atoms with Gasteiger partial charge in [0.25, 0.3) is 0 Å². The molecule has 0 unspecified atom stereocenters. The molecule has 0 N–H and O–H groups in total. The number of hydrogen-bond donors (Lipinski definition) is 0. The molecule has 9 nitrogen and oxygen atoms in total.